The van der Waals surface area contributed by atoms with Crippen LogP contribution in [-0.4, -0.2) is 11.7 Å². The first-order chi connectivity index (χ1) is 9.60. The van der Waals surface area contributed by atoms with E-state index in [-0.39, 0.29) is 0 Å². The second kappa shape index (κ2) is 6.58. The fourth-order valence-corrected chi connectivity index (χ4v) is 2.22. The summed E-state index contributed by atoms with van der Waals surface area (Å²) in [5.41, 5.74) is 4.63. The van der Waals surface area contributed by atoms with Gasteiger partial charge in [0.25, 0.3) is 0 Å². The number of hydrogen-bond acceptors (Lipinski definition) is 2. The van der Waals surface area contributed by atoms with Crippen molar-refractivity contribution in [3.63, 3.8) is 0 Å². The molecule has 0 fully saturated rings. The first-order valence-electron chi connectivity index (χ1n) is 7.07. The van der Waals surface area contributed by atoms with Crippen LogP contribution in [-0.2, 0) is 6.42 Å². The van der Waals surface area contributed by atoms with E-state index in [1.807, 2.05) is 31.2 Å². The Bertz CT molecular complexity index is 558. The highest BCUT2D eigenvalue weighted by molar-refractivity contribution is 5.32. The fourth-order valence-electron chi connectivity index (χ4n) is 2.22. The Morgan fingerprint density at radius 1 is 1.00 bits per heavy atom. The van der Waals surface area contributed by atoms with Crippen molar-refractivity contribution >= 4 is 0 Å². The van der Waals surface area contributed by atoms with E-state index in [4.69, 9.17) is 4.74 Å². The highest BCUT2D eigenvalue weighted by atomic mass is 16.5. The zero-order chi connectivity index (χ0) is 14.5. The lowest BCUT2D eigenvalue weighted by Crippen LogP contribution is -2.02. The first-order valence-corrected chi connectivity index (χ1v) is 7.07. The number of benzene rings is 2. The van der Waals surface area contributed by atoms with Gasteiger partial charge in [0.05, 0.1) is 12.7 Å². The molecule has 20 heavy (non-hydrogen) atoms. The van der Waals surface area contributed by atoms with Crippen molar-refractivity contribution in [2.45, 2.75) is 33.3 Å². The van der Waals surface area contributed by atoms with E-state index in [1.54, 1.807) is 0 Å². The molecule has 0 heterocycles. The summed E-state index contributed by atoms with van der Waals surface area (Å²) in [6.45, 7) is 6.82. The van der Waals surface area contributed by atoms with Gasteiger partial charge in [-0.2, -0.15) is 0 Å². The summed E-state index contributed by atoms with van der Waals surface area (Å²) in [5.74, 6) is 0.842. The Hall–Kier alpha value is -1.80. The molecule has 0 saturated heterocycles. The Kier molecular flexibility index (Phi) is 4.80. The van der Waals surface area contributed by atoms with Crippen LogP contribution < -0.4 is 4.74 Å². The van der Waals surface area contributed by atoms with Gasteiger partial charge in [0.1, 0.15) is 5.75 Å². The molecular weight excluding hydrogens is 248 g/mol. The van der Waals surface area contributed by atoms with Gasteiger partial charge in [-0.05, 0) is 55.2 Å². The van der Waals surface area contributed by atoms with Gasteiger partial charge in [-0.25, -0.2) is 0 Å². The molecule has 2 heteroatoms. The molecule has 0 aliphatic carbocycles. The quantitative estimate of drug-likeness (QED) is 0.890. The lowest BCUT2D eigenvalue weighted by Gasteiger charge is -2.13. The number of aryl methyl sites for hydroxylation is 2. The maximum atomic E-state index is 10.3. The van der Waals surface area contributed by atoms with Crippen LogP contribution in [0.25, 0.3) is 0 Å². The zero-order valence-corrected chi connectivity index (χ0v) is 12.4. The van der Waals surface area contributed by atoms with Crippen LogP contribution in [0.15, 0.2) is 42.5 Å². The van der Waals surface area contributed by atoms with Gasteiger partial charge in [-0.1, -0.05) is 30.3 Å². The Balaban J connectivity index is 2.06. The summed E-state index contributed by atoms with van der Waals surface area (Å²) in [4.78, 5) is 0. The second-order valence-corrected chi connectivity index (χ2v) is 5.14. The molecular formula is C18H22O2. The van der Waals surface area contributed by atoms with E-state index in [1.165, 1.54) is 11.1 Å². The lowest BCUT2D eigenvalue weighted by atomic mass is 9.98. The van der Waals surface area contributed by atoms with Gasteiger partial charge in [-0.15, -0.1) is 0 Å². The third kappa shape index (κ3) is 3.61. The molecule has 2 rings (SSSR count). The van der Waals surface area contributed by atoms with Gasteiger partial charge in [0, 0.05) is 6.42 Å². The predicted molar refractivity (Wildman–Crippen MR) is 82.2 cm³/mol. The number of hydrogen-bond donors (Lipinski definition) is 1. The van der Waals surface area contributed by atoms with E-state index in [2.05, 4.69) is 32.0 Å². The van der Waals surface area contributed by atoms with Crippen LogP contribution in [0.2, 0.25) is 0 Å². The highest BCUT2D eigenvalue weighted by Crippen LogP contribution is 2.22. The SMILES string of the molecule is CCOc1ccc(C(O)Cc2ccc(C)c(C)c2)cc1. The molecule has 1 atom stereocenters. The van der Waals surface area contributed by atoms with Gasteiger partial charge in [-0.3, -0.25) is 0 Å². The second-order valence-electron chi connectivity index (χ2n) is 5.14. The van der Waals surface area contributed by atoms with E-state index in [9.17, 15) is 5.11 Å². The molecule has 2 aromatic carbocycles. The van der Waals surface area contributed by atoms with Crippen molar-refractivity contribution in [2.75, 3.05) is 6.61 Å². The molecule has 0 spiro atoms. The Labute approximate surface area is 121 Å². The molecule has 0 radical (unpaired) electrons. The van der Waals surface area contributed by atoms with E-state index in [0.29, 0.717) is 13.0 Å². The molecule has 0 aliphatic rings. The molecule has 2 nitrogen and oxygen atoms in total. The number of ether oxygens (including phenoxy) is 1. The monoisotopic (exact) mass is 270 g/mol. The van der Waals surface area contributed by atoms with Gasteiger partial charge in [0.2, 0.25) is 0 Å². The van der Waals surface area contributed by atoms with Crippen LogP contribution in [0.5, 0.6) is 5.75 Å². The van der Waals surface area contributed by atoms with Crippen molar-refractivity contribution in [3.8, 4) is 5.75 Å². The number of aliphatic hydroxyl groups excluding tert-OH is 1. The normalized spacial score (nSPS) is 12.2. The van der Waals surface area contributed by atoms with Crippen molar-refractivity contribution in [1.29, 1.82) is 0 Å². The van der Waals surface area contributed by atoms with Crippen molar-refractivity contribution < 1.29 is 9.84 Å². The smallest absolute Gasteiger partial charge is 0.119 e. The largest absolute Gasteiger partial charge is 0.494 e. The summed E-state index contributed by atoms with van der Waals surface area (Å²) in [5, 5.41) is 10.3. The third-order valence-corrected chi connectivity index (χ3v) is 3.58. The van der Waals surface area contributed by atoms with Crippen molar-refractivity contribution in [2.24, 2.45) is 0 Å². The molecule has 0 aromatic heterocycles. The zero-order valence-electron chi connectivity index (χ0n) is 12.4. The van der Waals surface area contributed by atoms with Crippen LogP contribution in [0.4, 0.5) is 0 Å². The summed E-state index contributed by atoms with van der Waals surface area (Å²) in [7, 11) is 0. The average Bonchev–Trinajstić information content (AvgIpc) is 2.44. The number of rotatable bonds is 5. The summed E-state index contributed by atoms with van der Waals surface area (Å²) in [6, 6.07) is 14.0. The van der Waals surface area contributed by atoms with Crippen LogP contribution in [0, 0.1) is 13.8 Å². The molecule has 0 saturated carbocycles. The lowest BCUT2D eigenvalue weighted by molar-refractivity contribution is 0.178. The minimum Gasteiger partial charge on any atom is -0.494 e. The van der Waals surface area contributed by atoms with E-state index < -0.39 is 6.10 Å². The fraction of sp³-hybridized carbons (Fsp3) is 0.333. The van der Waals surface area contributed by atoms with E-state index >= 15 is 0 Å². The molecule has 1 unspecified atom stereocenters. The first kappa shape index (κ1) is 14.6. The topological polar surface area (TPSA) is 29.5 Å². The van der Waals surface area contributed by atoms with Crippen molar-refractivity contribution in [3.05, 3.63) is 64.7 Å². The minimum atomic E-state index is -0.479. The highest BCUT2D eigenvalue weighted by Gasteiger charge is 2.09. The number of aliphatic hydroxyl groups is 1. The van der Waals surface area contributed by atoms with E-state index in [0.717, 1.165) is 16.9 Å². The van der Waals surface area contributed by atoms with Gasteiger partial charge >= 0.3 is 0 Å². The van der Waals surface area contributed by atoms with Gasteiger partial charge in [0.15, 0.2) is 0 Å². The summed E-state index contributed by atoms with van der Waals surface area (Å²) in [6.07, 6.45) is 0.155. The third-order valence-electron chi connectivity index (χ3n) is 3.58. The predicted octanol–water partition coefficient (Wildman–Crippen LogP) is 3.98. The Morgan fingerprint density at radius 2 is 1.70 bits per heavy atom. The van der Waals surface area contributed by atoms with Gasteiger partial charge < -0.3 is 9.84 Å². The molecule has 2 aromatic rings. The summed E-state index contributed by atoms with van der Waals surface area (Å²) >= 11 is 0. The average molecular weight is 270 g/mol. The molecule has 106 valence electrons. The maximum Gasteiger partial charge on any atom is 0.119 e. The molecule has 0 amide bonds. The molecule has 1 N–H and O–H groups in total. The van der Waals surface area contributed by atoms with Crippen molar-refractivity contribution in [1.82, 2.24) is 0 Å². The molecule has 0 aliphatic heterocycles. The van der Waals surface area contributed by atoms with Crippen LogP contribution >= 0.6 is 0 Å². The van der Waals surface area contributed by atoms with Crippen LogP contribution in [0.3, 0.4) is 0 Å². The minimum absolute atomic E-state index is 0.479. The molecule has 0 bridgehead atoms. The van der Waals surface area contributed by atoms with Crippen LogP contribution in [0.1, 0.15) is 35.3 Å². The standard InChI is InChI=1S/C18H22O2/c1-4-20-17-9-7-16(8-10-17)18(19)12-15-6-5-13(2)14(3)11-15/h5-11,18-19H,4,12H2,1-3H3. The summed E-state index contributed by atoms with van der Waals surface area (Å²) < 4.78 is 5.41. The maximum absolute atomic E-state index is 10.3. The Morgan fingerprint density at radius 3 is 2.30 bits per heavy atom.